The fourth-order valence-corrected chi connectivity index (χ4v) is 4.95. The standard InChI is InChI=1S/C22H21Cl2N3O3S/c1-13-14(2)31-22(25-20(28)17-7-5-15(23)11-18(17)24)27(13)12-16-6-8-19(30-16)21(29)26-9-3-4-10-26/h5-8,11H,3-4,9-10,12H2,1-2H3. The molecule has 0 aliphatic carbocycles. The maximum absolute atomic E-state index is 12.7. The van der Waals surface area contributed by atoms with E-state index in [0.717, 1.165) is 36.5 Å². The third-order valence-corrected chi connectivity index (χ3v) is 6.97. The Hall–Kier alpha value is -2.35. The number of carbonyl (C=O) groups is 2. The third kappa shape index (κ3) is 4.63. The molecule has 0 spiro atoms. The Morgan fingerprint density at radius 1 is 1.13 bits per heavy atom. The fourth-order valence-electron chi connectivity index (χ4n) is 3.49. The molecular formula is C22H21Cl2N3O3S. The van der Waals surface area contributed by atoms with Crippen LogP contribution in [-0.2, 0) is 6.54 Å². The molecule has 31 heavy (non-hydrogen) atoms. The van der Waals surface area contributed by atoms with Crippen LogP contribution in [0.5, 0.6) is 0 Å². The van der Waals surface area contributed by atoms with Crippen LogP contribution in [0.3, 0.4) is 0 Å². The lowest BCUT2D eigenvalue weighted by Crippen LogP contribution is -2.27. The van der Waals surface area contributed by atoms with Gasteiger partial charge in [0.15, 0.2) is 10.6 Å². The SMILES string of the molecule is Cc1sc(=NC(=O)c2ccc(Cl)cc2Cl)n(Cc2ccc(C(=O)N3CCCC3)o2)c1C. The van der Waals surface area contributed by atoms with Gasteiger partial charge in [0.25, 0.3) is 11.8 Å². The Labute approximate surface area is 193 Å². The van der Waals surface area contributed by atoms with Gasteiger partial charge in [0, 0.05) is 28.7 Å². The topological polar surface area (TPSA) is 67.8 Å². The predicted molar refractivity (Wildman–Crippen MR) is 121 cm³/mol. The zero-order chi connectivity index (χ0) is 22.1. The molecule has 0 bridgehead atoms. The lowest BCUT2D eigenvalue weighted by Gasteiger charge is -2.12. The molecule has 0 N–H and O–H groups in total. The van der Waals surface area contributed by atoms with Gasteiger partial charge in [-0.15, -0.1) is 11.3 Å². The van der Waals surface area contributed by atoms with Gasteiger partial charge < -0.3 is 13.9 Å². The highest BCUT2D eigenvalue weighted by atomic mass is 35.5. The van der Waals surface area contributed by atoms with Crippen molar-refractivity contribution < 1.29 is 14.0 Å². The van der Waals surface area contributed by atoms with Crippen molar-refractivity contribution in [2.24, 2.45) is 4.99 Å². The fraction of sp³-hybridized carbons (Fsp3) is 0.318. The Balaban J connectivity index is 1.62. The number of rotatable bonds is 4. The summed E-state index contributed by atoms with van der Waals surface area (Å²) in [6.07, 6.45) is 2.05. The monoisotopic (exact) mass is 477 g/mol. The van der Waals surface area contributed by atoms with E-state index in [1.165, 1.54) is 17.4 Å². The number of halogens is 2. The van der Waals surface area contributed by atoms with Crippen LogP contribution in [-0.4, -0.2) is 34.4 Å². The summed E-state index contributed by atoms with van der Waals surface area (Å²) in [4.78, 5) is 33.0. The summed E-state index contributed by atoms with van der Waals surface area (Å²) in [5.41, 5.74) is 1.26. The van der Waals surface area contributed by atoms with Crippen LogP contribution in [0, 0.1) is 13.8 Å². The molecule has 6 nitrogen and oxygen atoms in total. The number of aryl methyl sites for hydroxylation is 1. The maximum Gasteiger partial charge on any atom is 0.289 e. The van der Waals surface area contributed by atoms with E-state index in [0.29, 0.717) is 27.9 Å². The number of carbonyl (C=O) groups excluding carboxylic acids is 2. The summed E-state index contributed by atoms with van der Waals surface area (Å²) in [5.74, 6) is 0.442. The zero-order valence-corrected chi connectivity index (χ0v) is 19.5. The normalized spacial score (nSPS) is 14.5. The van der Waals surface area contributed by atoms with E-state index in [4.69, 9.17) is 27.6 Å². The van der Waals surface area contributed by atoms with Crippen molar-refractivity contribution in [3.8, 4) is 0 Å². The van der Waals surface area contributed by atoms with Crippen molar-refractivity contribution in [3.05, 3.63) is 72.8 Å². The highest BCUT2D eigenvalue weighted by molar-refractivity contribution is 7.09. The number of nitrogens with zero attached hydrogens (tertiary/aromatic N) is 3. The molecule has 1 fully saturated rings. The average Bonchev–Trinajstić information content (AvgIpc) is 3.46. The Kier molecular flexibility index (Phi) is 6.36. The van der Waals surface area contributed by atoms with E-state index in [2.05, 4.69) is 4.99 Å². The van der Waals surface area contributed by atoms with Gasteiger partial charge >= 0.3 is 0 Å². The maximum atomic E-state index is 12.7. The minimum atomic E-state index is -0.444. The van der Waals surface area contributed by atoms with Gasteiger partial charge in [-0.25, -0.2) is 0 Å². The molecule has 162 valence electrons. The van der Waals surface area contributed by atoms with Gasteiger partial charge in [-0.1, -0.05) is 23.2 Å². The van der Waals surface area contributed by atoms with E-state index >= 15 is 0 Å². The van der Waals surface area contributed by atoms with Crippen molar-refractivity contribution in [3.63, 3.8) is 0 Å². The molecule has 0 radical (unpaired) electrons. The molecule has 0 unspecified atom stereocenters. The molecule has 2 amide bonds. The van der Waals surface area contributed by atoms with Crippen LogP contribution in [0.2, 0.25) is 10.0 Å². The van der Waals surface area contributed by atoms with Crippen molar-refractivity contribution in [2.75, 3.05) is 13.1 Å². The second kappa shape index (κ2) is 9.02. The van der Waals surface area contributed by atoms with Crippen LogP contribution in [0.4, 0.5) is 0 Å². The second-order valence-corrected chi connectivity index (χ2v) is 9.44. The lowest BCUT2D eigenvalue weighted by molar-refractivity contribution is 0.0759. The van der Waals surface area contributed by atoms with Crippen molar-refractivity contribution in [2.45, 2.75) is 33.2 Å². The van der Waals surface area contributed by atoms with E-state index in [1.807, 2.05) is 23.3 Å². The number of hydrogen-bond acceptors (Lipinski definition) is 4. The summed E-state index contributed by atoms with van der Waals surface area (Å²) >= 11 is 13.5. The molecular weight excluding hydrogens is 457 g/mol. The first-order valence-corrected chi connectivity index (χ1v) is 11.5. The van der Waals surface area contributed by atoms with Crippen LogP contribution >= 0.6 is 34.5 Å². The molecule has 3 heterocycles. The molecule has 9 heteroatoms. The summed E-state index contributed by atoms with van der Waals surface area (Å²) in [7, 11) is 0. The van der Waals surface area contributed by atoms with Crippen LogP contribution in [0.1, 0.15) is 50.1 Å². The summed E-state index contributed by atoms with van der Waals surface area (Å²) in [5, 5.41) is 0.713. The smallest absolute Gasteiger partial charge is 0.289 e. The second-order valence-electron chi connectivity index (χ2n) is 7.42. The number of likely N-dealkylation sites (tertiary alicyclic amines) is 1. The molecule has 3 aromatic rings. The number of aromatic nitrogens is 1. The Morgan fingerprint density at radius 2 is 1.87 bits per heavy atom. The van der Waals surface area contributed by atoms with E-state index in [-0.39, 0.29) is 16.5 Å². The first-order chi connectivity index (χ1) is 14.8. The van der Waals surface area contributed by atoms with E-state index < -0.39 is 5.91 Å². The predicted octanol–water partition coefficient (Wildman–Crippen LogP) is 5.09. The number of benzene rings is 1. The lowest BCUT2D eigenvalue weighted by atomic mass is 10.2. The van der Waals surface area contributed by atoms with Gasteiger partial charge in [0.05, 0.1) is 17.1 Å². The number of thiazole rings is 1. The Bertz CT molecular complexity index is 1220. The molecule has 1 aliphatic rings. The van der Waals surface area contributed by atoms with Crippen LogP contribution in [0.25, 0.3) is 0 Å². The molecule has 1 saturated heterocycles. The minimum Gasteiger partial charge on any atom is -0.454 e. The quantitative estimate of drug-likeness (QED) is 0.525. The summed E-state index contributed by atoms with van der Waals surface area (Å²) in [6, 6.07) is 8.20. The number of hydrogen-bond donors (Lipinski definition) is 0. The van der Waals surface area contributed by atoms with Gasteiger partial charge in [-0.2, -0.15) is 4.99 Å². The van der Waals surface area contributed by atoms with E-state index in [9.17, 15) is 9.59 Å². The molecule has 0 saturated carbocycles. The summed E-state index contributed by atoms with van der Waals surface area (Å²) in [6.45, 7) is 5.84. The van der Waals surface area contributed by atoms with Gasteiger partial charge in [0.1, 0.15) is 5.76 Å². The van der Waals surface area contributed by atoms with Gasteiger partial charge in [-0.3, -0.25) is 9.59 Å². The first kappa shape index (κ1) is 21.9. The minimum absolute atomic E-state index is 0.0792. The zero-order valence-electron chi connectivity index (χ0n) is 17.2. The van der Waals surface area contributed by atoms with Crippen molar-refractivity contribution >= 4 is 46.4 Å². The average molecular weight is 478 g/mol. The highest BCUT2D eigenvalue weighted by Crippen LogP contribution is 2.22. The molecule has 1 aliphatic heterocycles. The van der Waals surface area contributed by atoms with E-state index in [1.54, 1.807) is 24.3 Å². The van der Waals surface area contributed by atoms with Crippen molar-refractivity contribution in [1.29, 1.82) is 0 Å². The number of amides is 2. The number of furan rings is 1. The Morgan fingerprint density at radius 3 is 2.58 bits per heavy atom. The molecule has 1 aromatic carbocycles. The largest absolute Gasteiger partial charge is 0.454 e. The molecule has 2 aromatic heterocycles. The van der Waals surface area contributed by atoms with Crippen LogP contribution in [0.15, 0.2) is 39.7 Å². The molecule has 0 atom stereocenters. The summed E-state index contributed by atoms with van der Waals surface area (Å²) < 4.78 is 7.74. The third-order valence-electron chi connectivity index (χ3n) is 5.33. The highest BCUT2D eigenvalue weighted by Gasteiger charge is 2.22. The van der Waals surface area contributed by atoms with Crippen molar-refractivity contribution in [1.82, 2.24) is 9.47 Å². The first-order valence-electron chi connectivity index (χ1n) is 9.92. The molecule has 4 rings (SSSR count). The van der Waals surface area contributed by atoms with Gasteiger partial charge in [-0.05, 0) is 57.0 Å². The van der Waals surface area contributed by atoms with Crippen LogP contribution < -0.4 is 4.80 Å². The van der Waals surface area contributed by atoms with Gasteiger partial charge in [0.2, 0.25) is 0 Å².